The van der Waals surface area contributed by atoms with Crippen LogP contribution in [-0.4, -0.2) is 8.42 Å². The van der Waals surface area contributed by atoms with E-state index >= 15 is 0 Å². The Hall–Kier alpha value is -1.34. The molecule has 0 saturated heterocycles. The third kappa shape index (κ3) is 3.47. The summed E-state index contributed by atoms with van der Waals surface area (Å²) < 4.78 is 40.5. The largest absolute Gasteiger partial charge is 0.326 e. The molecule has 0 fully saturated rings. The number of rotatable bonds is 4. The van der Waals surface area contributed by atoms with Crippen molar-refractivity contribution in [3.8, 4) is 0 Å². The summed E-state index contributed by atoms with van der Waals surface area (Å²) in [6.45, 7) is 0.112. The molecule has 8 heteroatoms. The summed E-state index contributed by atoms with van der Waals surface area (Å²) in [6, 6.07) is 8.16. The zero-order valence-corrected chi connectivity index (χ0v) is 12.9. The summed E-state index contributed by atoms with van der Waals surface area (Å²) in [4.78, 5) is -0.504. The number of halogens is 3. The van der Waals surface area contributed by atoms with Crippen molar-refractivity contribution in [3.63, 3.8) is 0 Å². The molecule has 112 valence electrons. The minimum absolute atomic E-state index is 0.00290. The molecule has 0 aliphatic carbocycles. The number of hydrogen-bond donors (Lipinski definition) is 2. The standard InChI is InChI=1S/C13H11Cl2FN2O2S/c14-9-2-1-3-10(15)13(9)18-21(19,20)12-5-4-8(7-17)6-11(12)16/h1-6,18H,7,17H2. The Kier molecular flexibility index (Phi) is 4.73. The third-order valence-corrected chi connectivity index (χ3v) is 4.73. The number of nitrogens with one attached hydrogen (secondary N) is 1. The van der Waals surface area contributed by atoms with Gasteiger partial charge in [-0.25, -0.2) is 12.8 Å². The maximum Gasteiger partial charge on any atom is 0.264 e. The average molecular weight is 349 g/mol. The lowest BCUT2D eigenvalue weighted by Gasteiger charge is -2.12. The fourth-order valence-electron chi connectivity index (χ4n) is 1.67. The Balaban J connectivity index is 2.44. The second-order valence-corrected chi connectivity index (χ2v) is 6.64. The van der Waals surface area contributed by atoms with Gasteiger partial charge in [-0.15, -0.1) is 0 Å². The van der Waals surface area contributed by atoms with Crippen LogP contribution in [0.5, 0.6) is 0 Å². The molecule has 0 aliphatic rings. The van der Waals surface area contributed by atoms with Crippen molar-refractivity contribution in [3.05, 3.63) is 57.8 Å². The maximum atomic E-state index is 13.9. The van der Waals surface area contributed by atoms with Crippen molar-refractivity contribution in [2.45, 2.75) is 11.4 Å². The van der Waals surface area contributed by atoms with Crippen molar-refractivity contribution in [2.24, 2.45) is 5.73 Å². The van der Waals surface area contributed by atoms with Crippen molar-refractivity contribution in [2.75, 3.05) is 4.72 Å². The second-order valence-electron chi connectivity index (χ2n) is 4.17. The van der Waals surface area contributed by atoms with Crippen LogP contribution < -0.4 is 10.5 Å². The molecule has 2 rings (SSSR count). The summed E-state index contributed by atoms with van der Waals surface area (Å²) in [7, 11) is -4.15. The topological polar surface area (TPSA) is 72.2 Å². The predicted molar refractivity (Wildman–Crippen MR) is 81.6 cm³/mol. The van der Waals surface area contributed by atoms with Gasteiger partial charge in [-0.2, -0.15) is 0 Å². The lowest BCUT2D eigenvalue weighted by Crippen LogP contribution is -2.15. The molecule has 0 aliphatic heterocycles. The monoisotopic (exact) mass is 348 g/mol. The molecule has 0 bridgehead atoms. The minimum Gasteiger partial charge on any atom is -0.326 e. The highest BCUT2D eigenvalue weighted by molar-refractivity contribution is 7.92. The first-order chi connectivity index (χ1) is 9.85. The Bertz CT molecular complexity index is 761. The minimum atomic E-state index is -4.15. The van der Waals surface area contributed by atoms with E-state index in [1.54, 1.807) is 6.07 Å². The van der Waals surface area contributed by atoms with Gasteiger partial charge in [-0.05, 0) is 29.8 Å². The number of nitrogens with two attached hydrogens (primary N) is 1. The van der Waals surface area contributed by atoms with Gasteiger partial charge in [0.2, 0.25) is 0 Å². The van der Waals surface area contributed by atoms with E-state index in [2.05, 4.69) is 4.72 Å². The molecule has 4 nitrogen and oxygen atoms in total. The highest BCUT2D eigenvalue weighted by atomic mass is 35.5. The van der Waals surface area contributed by atoms with Crippen molar-refractivity contribution >= 4 is 38.9 Å². The Morgan fingerprint density at radius 3 is 2.29 bits per heavy atom. The molecule has 0 spiro atoms. The summed E-state index contributed by atoms with van der Waals surface area (Å²) in [5.41, 5.74) is 5.87. The molecule has 0 radical (unpaired) electrons. The molecular weight excluding hydrogens is 338 g/mol. The fraction of sp³-hybridized carbons (Fsp3) is 0.0769. The molecule has 0 unspecified atom stereocenters. The highest BCUT2D eigenvalue weighted by Gasteiger charge is 2.21. The number of anilines is 1. The molecule has 0 amide bonds. The van der Waals surface area contributed by atoms with Crippen molar-refractivity contribution in [1.82, 2.24) is 0 Å². The number of benzene rings is 2. The number of para-hydroxylation sites is 1. The third-order valence-electron chi connectivity index (χ3n) is 2.72. The number of hydrogen-bond acceptors (Lipinski definition) is 3. The molecule has 2 aromatic carbocycles. The number of sulfonamides is 1. The van der Waals surface area contributed by atoms with Gasteiger partial charge < -0.3 is 5.73 Å². The van der Waals surface area contributed by atoms with Crippen LogP contribution in [-0.2, 0) is 16.6 Å². The lowest BCUT2D eigenvalue weighted by molar-refractivity contribution is 0.569. The van der Waals surface area contributed by atoms with Gasteiger partial charge in [-0.3, -0.25) is 4.72 Å². The van der Waals surface area contributed by atoms with Gasteiger partial charge in [-0.1, -0.05) is 35.3 Å². The summed E-state index contributed by atoms with van der Waals surface area (Å²) in [5.74, 6) is -0.895. The van der Waals surface area contributed by atoms with E-state index < -0.39 is 20.7 Å². The van der Waals surface area contributed by atoms with E-state index in [1.807, 2.05) is 0 Å². The molecule has 0 heterocycles. The molecule has 2 aromatic rings. The van der Waals surface area contributed by atoms with Crippen LogP contribution in [0.1, 0.15) is 5.56 Å². The van der Waals surface area contributed by atoms with Gasteiger partial charge in [0.15, 0.2) is 0 Å². The summed E-state index contributed by atoms with van der Waals surface area (Å²) in [6.07, 6.45) is 0. The van der Waals surface area contributed by atoms with Gasteiger partial charge in [0.1, 0.15) is 10.7 Å². The van der Waals surface area contributed by atoms with E-state index in [-0.39, 0.29) is 22.3 Å². The molecule has 21 heavy (non-hydrogen) atoms. The van der Waals surface area contributed by atoms with E-state index in [0.717, 1.165) is 12.1 Å². The summed E-state index contributed by atoms with van der Waals surface area (Å²) >= 11 is 11.8. The van der Waals surface area contributed by atoms with E-state index in [4.69, 9.17) is 28.9 Å². The van der Waals surface area contributed by atoms with Crippen LogP contribution in [0.15, 0.2) is 41.3 Å². The zero-order valence-electron chi connectivity index (χ0n) is 10.6. The smallest absolute Gasteiger partial charge is 0.264 e. The quantitative estimate of drug-likeness (QED) is 0.889. The molecule has 0 saturated carbocycles. The van der Waals surface area contributed by atoms with Crippen LogP contribution in [0.3, 0.4) is 0 Å². The van der Waals surface area contributed by atoms with E-state index in [0.29, 0.717) is 5.56 Å². The molecule has 0 atom stereocenters. The van der Waals surface area contributed by atoms with Crippen molar-refractivity contribution in [1.29, 1.82) is 0 Å². The summed E-state index contributed by atoms with van der Waals surface area (Å²) in [5, 5.41) is 0.232. The normalized spacial score (nSPS) is 11.4. The SMILES string of the molecule is NCc1ccc(S(=O)(=O)Nc2c(Cl)cccc2Cl)c(F)c1. The highest BCUT2D eigenvalue weighted by Crippen LogP contribution is 2.32. The molecule has 0 aromatic heterocycles. The van der Waals surface area contributed by atoms with Gasteiger partial charge in [0.25, 0.3) is 10.0 Å². The predicted octanol–water partition coefficient (Wildman–Crippen LogP) is 3.39. The molecular formula is C13H11Cl2FN2O2S. The van der Waals surface area contributed by atoms with Gasteiger partial charge >= 0.3 is 0 Å². The Morgan fingerprint density at radius 1 is 1.14 bits per heavy atom. The first-order valence-corrected chi connectivity index (χ1v) is 8.04. The lowest BCUT2D eigenvalue weighted by atomic mass is 10.2. The zero-order chi connectivity index (χ0) is 15.6. The average Bonchev–Trinajstić information content (AvgIpc) is 2.42. The fourth-order valence-corrected chi connectivity index (χ4v) is 3.44. The Morgan fingerprint density at radius 2 is 1.76 bits per heavy atom. The van der Waals surface area contributed by atoms with Gasteiger partial charge in [0, 0.05) is 6.54 Å². The maximum absolute atomic E-state index is 13.9. The van der Waals surface area contributed by atoms with E-state index in [1.165, 1.54) is 18.2 Å². The second kappa shape index (κ2) is 6.19. The van der Waals surface area contributed by atoms with Crippen LogP contribution >= 0.6 is 23.2 Å². The van der Waals surface area contributed by atoms with Crippen molar-refractivity contribution < 1.29 is 12.8 Å². The van der Waals surface area contributed by atoms with E-state index in [9.17, 15) is 12.8 Å². The van der Waals surface area contributed by atoms with Crippen LogP contribution in [0, 0.1) is 5.82 Å². The Labute approximate surface area is 131 Å². The first-order valence-electron chi connectivity index (χ1n) is 5.80. The van der Waals surface area contributed by atoms with Crippen LogP contribution in [0.25, 0.3) is 0 Å². The van der Waals surface area contributed by atoms with Crippen LogP contribution in [0.4, 0.5) is 10.1 Å². The van der Waals surface area contributed by atoms with Crippen LogP contribution in [0.2, 0.25) is 10.0 Å². The van der Waals surface area contributed by atoms with Gasteiger partial charge in [0.05, 0.1) is 15.7 Å². The molecule has 3 N–H and O–H groups in total. The first kappa shape index (κ1) is 16.0.